The summed E-state index contributed by atoms with van der Waals surface area (Å²) in [4.78, 5) is 13.6. The van der Waals surface area contributed by atoms with Gasteiger partial charge in [-0.15, -0.1) is 12.3 Å². The monoisotopic (exact) mass is 278 g/mol. The average molecular weight is 278 g/mol. The number of nitrogens with two attached hydrogens (primary N) is 1. The predicted molar refractivity (Wildman–Crippen MR) is 71.9 cm³/mol. The Balaban J connectivity index is 2.28. The highest BCUT2D eigenvalue weighted by Gasteiger charge is 2.25. The Kier molecular flexibility index (Phi) is 3.60. The number of benzene rings is 1. The number of hydrogen-bond donors (Lipinski definition) is 1. The molecule has 1 aliphatic rings. The summed E-state index contributed by atoms with van der Waals surface area (Å²) in [6.45, 7) is 0.548. The first-order valence-electron chi connectivity index (χ1n) is 5.83. The van der Waals surface area contributed by atoms with Gasteiger partial charge in [-0.2, -0.15) is 0 Å². The lowest BCUT2D eigenvalue weighted by molar-refractivity contribution is -0.118. The zero-order chi connectivity index (χ0) is 14.0. The topological polar surface area (TPSA) is 80.5 Å². The second kappa shape index (κ2) is 5.03. The van der Waals surface area contributed by atoms with Crippen LogP contribution in [0.25, 0.3) is 0 Å². The minimum atomic E-state index is -3.71. The number of carbonyl (C=O) groups is 1. The van der Waals surface area contributed by atoms with Crippen molar-refractivity contribution in [2.45, 2.75) is 24.2 Å². The van der Waals surface area contributed by atoms with Gasteiger partial charge in [0.2, 0.25) is 15.9 Å². The Morgan fingerprint density at radius 2 is 2.21 bits per heavy atom. The Morgan fingerprint density at radius 3 is 2.84 bits per heavy atom. The third kappa shape index (κ3) is 2.78. The van der Waals surface area contributed by atoms with E-state index in [0.29, 0.717) is 25.8 Å². The molecule has 1 aliphatic heterocycles. The number of rotatable bonds is 3. The van der Waals surface area contributed by atoms with Gasteiger partial charge < -0.3 is 4.90 Å². The zero-order valence-electron chi connectivity index (χ0n) is 10.3. The van der Waals surface area contributed by atoms with Gasteiger partial charge in [-0.3, -0.25) is 4.79 Å². The van der Waals surface area contributed by atoms with Gasteiger partial charge in [0.25, 0.3) is 0 Å². The molecule has 0 aromatic heterocycles. The molecule has 100 valence electrons. The highest BCUT2D eigenvalue weighted by Crippen LogP contribution is 2.30. The van der Waals surface area contributed by atoms with Crippen LogP contribution in [-0.4, -0.2) is 20.9 Å². The number of primary sulfonamides is 1. The van der Waals surface area contributed by atoms with Crippen LogP contribution in [0.4, 0.5) is 5.69 Å². The summed E-state index contributed by atoms with van der Waals surface area (Å²) in [7, 11) is -3.71. The smallest absolute Gasteiger partial charge is 0.238 e. The van der Waals surface area contributed by atoms with Crippen molar-refractivity contribution in [3.05, 3.63) is 23.8 Å². The molecule has 2 rings (SSSR count). The minimum Gasteiger partial charge on any atom is -0.312 e. The molecule has 0 saturated carbocycles. The highest BCUT2D eigenvalue weighted by atomic mass is 32.2. The highest BCUT2D eigenvalue weighted by molar-refractivity contribution is 7.89. The molecule has 0 bridgehead atoms. The summed E-state index contributed by atoms with van der Waals surface area (Å²) in [5.74, 6) is 2.39. The van der Waals surface area contributed by atoms with Crippen LogP contribution < -0.4 is 10.0 Å². The van der Waals surface area contributed by atoms with E-state index >= 15 is 0 Å². The lowest BCUT2D eigenvalue weighted by Crippen LogP contribution is -2.28. The second-order valence-electron chi connectivity index (χ2n) is 4.34. The van der Waals surface area contributed by atoms with Gasteiger partial charge in [0.05, 0.1) is 4.90 Å². The van der Waals surface area contributed by atoms with Crippen LogP contribution in [0.2, 0.25) is 0 Å². The molecule has 0 atom stereocenters. The van der Waals surface area contributed by atoms with Gasteiger partial charge in [0, 0.05) is 25.1 Å². The van der Waals surface area contributed by atoms with Crippen molar-refractivity contribution in [2.75, 3.05) is 11.4 Å². The van der Waals surface area contributed by atoms with Crippen LogP contribution in [-0.2, 0) is 21.2 Å². The molecule has 0 saturated heterocycles. The lowest BCUT2D eigenvalue weighted by Gasteiger charge is -2.16. The quantitative estimate of drug-likeness (QED) is 0.824. The summed E-state index contributed by atoms with van der Waals surface area (Å²) in [6.07, 6.45) is 6.46. The van der Waals surface area contributed by atoms with E-state index in [1.54, 1.807) is 11.0 Å². The Hall–Kier alpha value is -1.84. The number of anilines is 1. The van der Waals surface area contributed by atoms with E-state index in [2.05, 4.69) is 5.92 Å². The molecule has 0 unspecified atom stereocenters. The first-order chi connectivity index (χ1) is 8.93. The molecule has 6 heteroatoms. The zero-order valence-corrected chi connectivity index (χ0v) is 11.1. The largest absolute Gasteiger partial charge is 0.312 e. The summed E-state index contributed by atoms with van der Waals surface area (Å²) in [5, 5.41) is 5.08. The molecule has 0 fully saturated rings. The summed E-state index contributed by atoms with van der Waals surface area (Å²) in [5.41, 5.74) is 1.56. The Bertz CT molecular complexity index is 659. The lowest BCUT2D eigenvalue weighted by atomic mass is 10.2. The normalized spacial score (nSPS) is 14.0. The van der Waals surface area contributed by atoms with Crippen LogP contribution in [0.15, 0.2) is 23.1 Å². The maximum absolute atomic E-state index is 11.9. The fourth-order valence-electron chi connectivity index (χ4n) is 2.13. The summed E-state index contributed by atoms with van der Waals surface area (Å²) >= 11 is 0. The van der Waals surface area contributed by atoms with Crippen LogP contribution in [0.1, 0.15) is 18.4 Å². The maximum Gasteiger partial charge on any atom is 0.238 e. The molecule has 2 N–H and O–H groups in total. The third-order valence-corrected chi connectivity index (χ3v) is 3.97. The average Bonchev–Trinajstić information content (AvgIpc) is 2.77. The molecule has 0 radical (unpaired) electrons. The van der Waals surface area contributed by atoms with Crippen LogP contribution >= 0.6 is 0 Å². The van der Waals surface area contributed by atoms with E-state index in [-0.39, 0.29) is 10.8 Å². The number of terminal acetylenes is 1. The van der Waals surface area contributed by atoms with Gasteiger partial charge in [-0.25, -0.2) is 13.6 Å². The number of nitrogens with zero attached hydrogens (tertiary/aromatic N) is 1. The predicted octanol–water partition coefficient (Wildman–Crippen LogP) is 0.636. The minimum absolute atomic E-state index is 0.0416. The molecule has 1 amide bonds. The van der Waals surface area contributed by atoms with E-state index in [0.717, 1.165) is 11.3 Å². The molecule has 0 spiro atoms. The number of fused-ring (bicyclic) bond motifs is 1. The van der Waals surface area contributed by atoms with E-state index < -0.39 is 10.0 Å². The molecule has 19 heavy (non-hydrogen) atoms. The van der Waals surface area contributed by atoms with Crippen LogP contribution in [0, 0.1) is 12.3 Å². The molecule has 5 nitrogen and oxygen atoms in total. The van der Waals surface area contributed by atoms with Crippen molar-refractivity contribution in [3.63, 3.8) is 0 Å². The van der Waals surface area contributed by atoms with E-state index in [1.165, 1.54) is 12.1 Å². The first-order valence-corrected chi connectivity index (χ1v) is 7.37. The fourth-order valence-corrected chi connectivity index (χ4v) is 2.69. The van der Waals surface area contributed by atoms with E-state index in [1.807, 2.05) is 0 Å². The molecule has 1 aromatic carbocycles. The molecule has 1 aromatic rings. The number of sulfonamides is 1. The Morgan fingerprint density at radius 1 is 1.47 bits per heavy atom. The number of carbonyl (C=O) groups excluding carboxylic acids is 1. The van der Waals surface area contributed by atoms with Crippen molar-refractivity contribution in [3.8, 4) is 12.3 Å². The van der Waals surface area contributed by atoms with Gasteiger partial charge in [-0.1, -0.05) is 0 Å². The standard InChI is InChI=1S/C13H14N2O3S/c1-2-3-4-13(16)15-8-7-10-9-11(19(14,17)18)5-6-12(10)15/h1,5-6,9H,3-4,7-8H2,(H2,14,17,18). The van der Waals surface area contributed by atoms with E-state index in [9.17, 15) is 13.2 Å². The molecule has 1 heterocycles. The van der Waals surface area contributed by atoms with Crippen LogP contribution in [0.5, 0.6) is 0 Å². The summed E-state index contributed by atoms with van der Waals surface area (Å²) in [6, 6.07) is 4.57. The van der Waals surface area contributed by atoms with Crippen molar-refractivity contribution < 1.29 is 13.2 Å². The van der Waals surface area contributed by atoms with Gasteiger partial charge in [-0.05, 0) is 30.2 Å². The maximum atomic E-state index is 11.9. The van der Waals surface area contributed by atoms with E-state index in [4.69, 9.17) is 11.6 Å². The van der Waals surface area contributed by atoms with Crippen molar-refractivity contribution >= 4 is 21.6 Å². The molecular formula is C13H14N2O3S. The van der Waals surface area contributed by atoms with Crippen molar-refractivity contribution in [1.82, 2.24) is 0 Å². The SMILES string of the molecule is C#CCCC(=O)N1CCc2cc(S(N)(=O)=O)ccc21. The van der Waals surface area contributed by atoms with Gasteiger partial charge in [0.15, 0.2) is 0 Å². The fraction of sp³-hybridized carbons (Fsp3) is 0.308. The number of hydrogen-bond acceptors (Lipinski definition) is 3. The molecular weight excluding hydrogens is 264 g/mol. The van der Waals surface area contributed by atoms with Crippen molar-refractivity contribution in [2.24, 2.45) is 5.14 Å². The number of amides is 1. The van der Waals surface area contributed by atoms with Gasteiger partial charge >= 0.3 is 0 Å². The van der Waals surface area contributed by atoms with Gasteiger partial charge in [0.1, 0.15) is 0 Å². The van der Waals surface area contributed by atoms with Crippen molar-refractivity contribution in [1.29, 1.82) is 0 Å². The third-order valence-electron chi connectivity index (χ3n) is 3.06. The summed E-state index contributed by atoms with van der Waals surface area (Å²) < 4.78 is 22.5. The second-order valence-corrected chi connectivity index (χ2v) is 5.90. The first kappa shape index (κ1) is 13.6. The van der Waals surface area contributed by atoms with Crippen LogP contribution in [0.3, 0.4) is 0 Å². The Labute approximate surface area is 112 Å². The molecule has 0 aliphatic carbocycles.